The lowest BCUT2D eigenvalue weighted by Crippen LogP contribution is -2.49. The number of rotatable bonds is 9. The molecule has 10 heteroatoms. The minimum atomic E-state index is -1.38. The van der Waals surface area contributed by atoms with Gasteiger partial charge in [-0.2, -0.15) is 0 Å². The smallest absolute Gasteiger partial charge is 0.326 e. The SMILES string of the molecule is NC(CO)C(=O)NCC(=O)NC(CCC(=O)O)C(=O)O. The first-order valence-corrected chi connectivity index (χ1v) is 5.66. The van der Waals surface area contributed by atoms with Gasteiger partial charge in [0.25, 0.3) is 0 Å². The molecule has 7 N–H and O–H groups in total. The Morgan fingerprint density at radius 3 is 2.20 bits per heavy atom. The molecule has 0 aliphatic heterocycles. The molecule has 0 aromatic rings. The first kappa shape index (κ1) is 17.8. The van der Waals surface area contributed by atoms with Gasteiger partial charge >= 0.3 is 11.9 Å². The molecule has 2 amide bonds. The van der Waals surface area contributed by atoms with Crippen LogP contribution in [-0.4, -0.2) is 64.3 Å². The Hall–Kier alpha value is -2.20. The highest BCUT2D eigenvalue weighted by Crippen LogP contribution is 1.97. The Balaban J connectivity index is 4.23. The van der Waals surface area contributed by atoms with Crippen LogP contribution in [0.5, 0.6) is 0 Å². The second-order valence-corrected chi connectivity index (χ2v) is 3.90. The Morgan fingerprint density at radius 1 is 1.15 bits per heavy atom. The summed E-state index contributed by atoms with van der Waals surface area (Å²) in [5.41, 5.74) is 5.18. The van der Waals surface area contributed by atoms with E-state index in [1.807, 2.05) is 0 Å². The number of aliphatic carboxylic acids is 2. The zero-order valence-electron chi connectivity index (χ0n) is 10.5. The van der Waals surface area contributed by atoms with Crippen LogP contribution in [0.4, 0.5) is 0 Å². The number of carbonyl (C=O) groups excluding carboxylic acids is 2. The van der Waals surface area contributed by atoms with Gasteiger partial charge in [0.05, 0.1) is 13.2 Å². The lowest BCUT2D eigenvalue weighted by Gasteiger charge is -2.14. The van der Waals surface area contributed by atoms with E-state index < -0.39 is 55.4 Å². The molecular weight excluding hydrogens is 274 g/mol. The van der Waals surface area contributed by atoms with Crippen molar-refractivity contribution in [1.29, 1.82) is 0 Å². The Kier molecular flexibility index (Phi) is 7.85. The van der Waals surface area contributed by atoms with Crippen LogP contribution < -0.4 is 16.4 Å². The van der Waals surface area contributed by atoms with Gasteiger partial charge in [0.15, 0.2) is 0 Å². The van der Waals surface area contributed by atoms with Gasteiger partial charge in [0.1, 0.15) is 12.1 Å². The van der Waals surface area contributed by atoms with E-state index in [9.17, 15) is 19.2 Å². The molecule has 2 unspecified atom stereocenters. The molecule has 0 radical (unpaired) electrons. The average Bonchev–Trinajstić information content (AvgIpc) is 2.39. The summed E-state index contributed by atoms with van der Waals surface area (Å²) in [5, 5.41) is 30.0. The van der Waals surface area contributed by atoms with Crippen molar-refractivity contribution in [1.82, 2.24) is 10.6 Å². The second kappa shape index (κ2) is 8.82. The molecule has 0 saturated carbocycles. The normalized spacial score (nSPS) is 13.1. The number of nitrogens with two attached hydrogens (primary N) is 1. The molecule has 10 nitrogen and oxygen atoms in total. The number of carboxylic acid groups (broad SMARTS) is 2. The molecule has 0 heterocycles. The van der Waals surface area contributed by atoms with E-state index in [0.29, 0.717) is 0 Å². The Morgan fingerprint density at radius 2 is 1.75 bits per heavy atom. The van der Waals surface area contributed by atoms with Gasteiger partial charge in [-0.15, -0.1) is 0 Å². The van der Waals surface area contributed by atoms with Gasteiger partial charge in [-0.25, -0.2) is 4.79 Å². The van der Waals surface area contributed by atoms with Crippen molar-refractivity contribution in [3.63, 3.8) is 0 Å². The number of hydrogen-bond acceptors (Lipinski definition) is 6. The van der Waals surface area contributed by atoms with Crippen molar-refractivity contribution in [2.75, 3.05) is 13.2 Å². The van der Waals surface area contributed by atoms with E-state index in [2.05, 4.69) is 10.6 Å². The van der Waals surface area contributed by atoms with Gasteiger partial charge in [0, 0.05) is 6.42 Å². The lowest BCUT2D eigenvalue weighted by atomic mass is 10.1. The number of nitrogens with one attached hydrogen (secondary N) is 2. The molecule has 0 aliphatic rings. The monoisotopic (exact) mass is 291 g/mol. The topological polar surface area (TPSA) is 179 Å². The van der Waals surface area contributed by atoms with Crippen molar-refractivity contribution in [3.8, 4) is 0 Å². The molecule has 0 bridgehead atoms. The number of carboxylic acids is 2. The molecule has 0 saturated heterocycles. The van der Waals surface area contributed by atoms with Gasteiger partial charge < -0.3 is 31.7 Å². The van der Waals surface area contributed by atoms with E-state index in [1.54, 1.807) is 0 Å². The summed E-state index contributed by atoms with van der Waals surface area (Å²) in [7, 11) is 0. The number of carbonyl (C=O) groups is 4. The van der Waals surface area contributed by atoms with E-state index >= 15 is 0 Å². The third kappa shape index (κ3) is 7.28. The predicted octanol–water partition coefficient (Wildman–Crippen LogP) is -3.14. The number of aliphatic hydroxyl groups is 1. The third-order valence-corrected chi connectivity index (χ3v) is 2.24. The maximum atomic E-state index is 11.4. The largest absolute Gasteiger partial charge is 0.481 e. The van der Waals surface area contributed by atoms with Crippen LogP contribution >= 0.6 is 0 Å². The first-order chi connectivity index (χ1) is 9.27. The standard InChI is InChI=1S/C10H17N3O7/c11-5(4-14)9(18)12-3-7(15)13-6(10(19)20)1-2-8(16)17/h5-6,14H,1-4,11H2,(H,12,18)(H,13,15)(H,16,17)(H,19,20). The van der Waals surface area contributed by atoms with Crippen molar-refractivity contribution in [2.45, 2.75) is 24.9 Å². The number of amides is 2. The lowest BCUT2D eigenvalue weighted by molar-refractivity contribution is -0.143. The summed E-state index contributed by atoms with van der Waals surface area (Å²) in [6.07, 6.45) is -0.695. The Bertz CT molecular complexity index is 385. The fourth-order valence-corrected chi connectivity index (χ4v) is 1.15. The zero-order valence-corrected chi connectivity index (χ0v) is 10.5. The van der Waals surface area contributed by atoms with Crippen LogP contribution in [0, 0.1) is 0 Å². The molecular formula is C10H17N3O7. The predicted molar refractivity (Wildman–Crippen MR) is 64.5 cm³/mol. The second-order valence-electron chi connectivity index (χ2n) is 3.90. The van der Waals surface area contributed by atoms with Gasteiger partial charge in [-0.05, 0) is 6.42 Å². The van der Waals surface area contributed by atoms with Crippen LogP contribution in [-0.2, 0) is 19.2 Å². The van der Waals surface area contributed by atoms with Crippen LogP contribution in [0.3, 0.4) is 0 Å². The molecule has 0 aromatic heterocycles. The van der Waals surface area contributed by atoms with E-state index in [-0.39, 0.29) is 6.42 Å². The molecule has 0 spiro atoms. The summed E-state index contributed by atoms with van der Waals surface area (Å²) in [6.45, 7) is -1.12. The highest BCUT2D eigenvalue weighted by atomic mass is 16.4. The molecule has 0 rings (SSSR count). The maximum Gasteiger partial charge on any atom is 0.326 e. The molecule has 0 aliphatic carbocycles. The summed E-state index contributed by atoms with van der Waals surface area (Å²) >= 11 is 0. The quantitative estimate of drug-likeness (QED) is 0.258. The van der Waals surface area contributed by atoms with E-state index in [1.165, 1.54) is 0 Å². The van der Waals surface area contributed by atoms with Crippen LogP contribution in [0.15, 0.2) is 0 Å². The van der Waals surface area contributed by atoms with E-state index in [0.717, 1.165) is 0 Å². The minimum absolute atomic E-state index is 0.277. The van der Waals surface area contributed by atoms with Crippen LogP contribution in [0.2, 0.25) is 0 Å². The Labute approximate surface area is 113 Å². The first-order valence-electron chi connectivity index (χ1n) is 5.66. The van der Waals surface area contributed by atoms with Crippen molar-refractivity contribution < 1.29 is 34.5 Å². The number of aliphatic hydroxyl groups excluding tert-OH is 1. The summed E-state index contributed by atoms with van der Waals surface area (Å²) < 4.78 is 0. The summed E-state index contributed by atoms with van der Waals surface area (Å²) in [4.78, 5) is 43.6. The summed E-state index contributed by atoms with van der Waals surface area (Å²) in [6, 6.07) is -2.54. The highest BCUT2D eigenvalue weighted by Gasteiger charge is 2.21. The fourth-order valence-electron chi connectivity index (χ4n) is 1.15. The molecule has 20 heavy (non-hydrogen) atoms. The van der Waals surface area contributed by atoms with Crippen LogP contribution in [0.25, 0.3) is 0 Å². The third-order valence-electron chi connectivity index (χ3n) is 2.24. The van der Waals surface area contributed by atoms with Crippen LogP contribution in [0.1, 0.15) is 12.8 Å². The van der Waals surface area contributed by atoms with Crippen molar-refractivity contribution in [3.05, 3.63) is 0 Å². The van der Waals surface area contributed by atoms with Gasteiger partial charge in [-0.3, -0.25) is 14.4 Å². The van der Waals surface area contributed by atoms with Crippen molar-refractivity contribution in [2.24, 2.45) is 5.73 Å². The van der Waals surface area contributed by atoms with Gasteiger partial charge in [-0.1, -0.05) is 0 Å². The minimum Gasteiger partial charge on any atom is -0.481 e. The van der Waals surface area contributed by atoms with E-state index in [4.69, 9.17) is 21.1 Å². The van der Waals surface area contributed by atoms with Crippen molar-refractivity contribution >= 4 is 23.8 Å². The average molecular weight is 291 g/mol. The molecule has 2 atom stereocenters. The molecule has 0 aromatic carbocycles. The molecule has 0 fully saturated rings. The molecule has 114 valence electrons. The zero-order chi connectivity index (χ0) is 15.7. The van der Waals surface area contributed by atoms with Gasteiger partial charge in [0.2, 0.25) is 11.8 Å². The summed E-state index contributed by atoms with van der Waals surface area (Å²) in [5.74, 6) is -4.13. The maximum absolute atomic E-state index is 11.4. The highest BCUT2D eigenvalue weighted by molar-refractivity contribution is 5.89. The number of hydrogen-bond donors (Lipinski definition) is 6. The fraction of sp³-hybridized carbons (Fsp3) is 0.600.